The monoisotopic (exact) mass is 373 g/mol. The van der Waals surface area contributed by atoms with E-state index in [1.165, 1.54) is 0 Å². The van der Waals surface area contributed by atoms with Gasteiger partial charge in [-0.25, -0.2) is 13.1 Å². The number of benzene rings is 2. The predicted octanol–water partition coefficient (Wildman–Crippen LogP) is 2.60. The first-order valence-electron chi connectivity index (χ1n) is 8.37. The highest BCUT2D eigenvalue weighted by molar-refractivity contribution is 7.88. The molecule has 0 aliphatic rings. The summed E-state index contributed by atoms with van der Waals surface area (Å²) in [5.74, 6) is -0.533. The van der Waals surface area contributed by atoms with Crippen LogP contribution in [0.1, 0.15) is 35.3 Å². The number of carbonyl (C=O) groups is 2. The smallest absolute Gasteiger partial charge is 0.209 e. The average Bonchev–Trinajstić information content (AvgIpc) is 2.60. The summed E-state index contributed by atoms with van der Waals surface area (Å²) in [4.78, 5) is 24.7. The summed E-state index contributed by atoms with van der Waals surface area (Å²) in [5, 5.41) is 0. The minimum absolute atomic E-state index is 0.0822. The maximum absolute atomic E-state index is 12.4. The Morgan fingerprint density at radius 1 is 0.923 bits per heavy atom. The first-order valence-corrected chi connectivity index (χ1v) is 10.3. The molecule has 0 saturated heterocycles. The molecule has 2 rings (SSSR count). The highest BCUT2D eigenvalue weighted by atomic mass is 32.2. The molecule has 0 unspecified atom stereocenters. The molecule has 1 N–H and O–H groups in total. The first-order chi connectivity index (χ1) is 12.2. The number of nitrogens with one attached hydrogen (secondary N) is 1. The van der Waals surface area contributed by atoms with Gasteiger partial charge in [0.1, 0.15) is 0 Å². The Morgan fingerprint density at radius 2 is 1.46 bits per heavy atom. The van der Waals surface area contributed by atoms with Crippen molar-refractivity contribution in [2.24, 2.45) is 5.92 Å². The summed E-state index contributed by atoms with van der Waals surface area (Å²) < 4.78 is 25.5. The largest absolute Gasteiger partial charge is 0.298 e. The summed E-state index contributed by atoms with van der Waals surface area (Å²) in [6, 6.07) is 15.0. The normalized spacial score (nSPS) is 12.8. The van der Waals surface area contributed by atoms with Crippen molar-refractivity contribution in [3.63, 3.8) is 0 Å². The standard InChI is InChI=1S/C20H23NO4S/c1-14(2)19(22)18(21-26(3,24)25)13-15-9-11-17(12-10-15)20(23)16-7-5-4-6-8-16/h4-12,14,18,21H,13H2,1-3H3/t18-/m0/s1. The van der Waals surface area contributed by atoms with Gasteiger partial charge in [-0.3, -0.25) is 9.59 Å². The van der Waals surface area contributed by atoms with E-state index in [4.69, 9.17) is 0 Å². The van der Waals surface area contributed by atoms with E-state index >= 15 is 0 Å². The molecule has 0 aliphatic heterocycles. The molecule has 6 heteroatoms. The van der Waals surface area contributed by atoms with Gasteiger partial charge in [0.2, 0.25) is 10.0 Å². The highest BCUT2D eigenvalue weighted by Crippen LogP contribution is 2.14. The third kappa shape index (κ3) is 5.61. The van der Waals surface area contributed by atoms with Gasteiger partial charge in [-0.15, -0.1) is 0 Å². The molecule has 2 aromatic rings. The van der Waals surface area contributed by atoms with Crippen LogP contribution >= 0.6 is 0 Å². The summed E-state index contributed by atoms with van der Waals surface area (Å²) in [6.07, 6.45) is 1.28. The second-order valence-corrected chi connectivity index (χ2v) is 8.38. The highest BCUT2D eigenvalue weighted by Gasteiger charge is 2.24. The van der Waals surface area contributed by atoms with Crippen molar-refractivity contribution in [2.75, 3.05) is 6.26 Å². The Morgan fingerprint density at radius 3 is 1.96 bits per heavy atom. The predicted molar refractivity (Wildman–Crippen MR) is 102 cm³/mol. The van der Waals surface area contributed by atoms with Gasteiger partial charge in [-0.05, 0) is 12.0 Å². The Bertz CT molecular complexity index is 872. The number of Topliss-reactive ketones (excluding diaryl/α,β-unsaturated/α-hetero) is 1. The third-order valence-electron chi connectivity index (χ3n) is 3.96. The van der Waals surface area contributed by atoms with Gasteiger partial charge >= 0.3 is 0 Å². The molecule has 5 nitrogen and oxygen atoms in total. The van der Waals surface area contributed by atoms with Crippen molar-refractivity contribution in [1.82, 2.24) is 4.72 Å². The molecular weight excluding hydrogens is 350 g/mol. The zero-order chi connectivity index (χ0) is 19.3. The molecule has 0 fully saturated rings. The second-order valence-electron chi connectivity index (χ2n) is 6.60. The molecule has 0 saturated carbocycles. The number of hydrogen-bond acceptors (Lipinski definition) is 4. The quantitative estimate of drug-likeness (QED) is 0.721. The number of rotatable bonds is 8. The van der Waals surface area contributed by atoms with Crippen molar-refractivity contribution in [3.05, 3.63) is 71.3 Å². The lowest BCUT2D eigenvalue weighted by Crippen LogP contribution is -2.43. The number of sulfonamides is 1. The van der Waals surface area contributed by atoms with Crippen LogP contribution in [0.15, 0.2) is 54.6 Å². The van der Waals surface area contributed by atoms with E-state index in [2.05, 4.69) is 4.72 Å². The molecule has 0 aliphatic carbocycles. The van der Waals surface area contributed by atoms with E-state index in [-0.39, 0.29) is 23.9 Å². The molecule has 26 heavy (non-hydrogen) atoms. The van der Waals surface area contributed by atoms with Gasteiger partial charge < -0.3 is 0 Å². The molecule has 0 radical (unpaired) electrons. The van der Waals surface area contributed by atoms with Gasteiger partial charge in [0, 0.05) is 17.0 Å². The maximum atomic E-state index is 12.4. The van der Waals surface area contributed by atoms with Crippen molar-refractivity contribution in [3.8, 4) is 0 Å². The topological polar surface area (TPSA) is 80.3 Å². The SMILES string of the molecule is CC(C)C(=O)[C@H](Cc1ccc(C(=O)c2ccccc2)cc1)NS(C)(=O)=O. The van der Waals surface area contributed by atoms with Crippen molar-refractivity contribution >= 4 is 21.6 Å². The van der Waals surface area contributed by atoms with E-state index in [0.29, 0.717) is 11.1 Å². The van der Waals surface area contributed by atoms with E-state index in [1.54, 1.807) is 62.4 Å². The maximum Gasteiger partial charge on any atom is 0.209 e. The van der Waals surface area contributed by atoms with Crippen LogP contribution in [0.5, 0.6) is 0 Å². The fourth-order valence-corrected chi connectivity index (χ4v) is 3.36. The van der Waals surface area contributed by atoms with Crippen molar-refractivity contribution < 1.29 is 18.0 Å². The van der Waals surface area contributed by atoms with Crippen LogP contribution in [0.3, 0.4) is 0 Å². The second kappa shape index (κ2) is 8.38. The van der Waals surface area contributed by atoms with Crippen LogP contribution in [-0.4, -0.2) is 32.3 Å². The van der Waals surface area contributed by atoms with Crippen LogP contribution in [0.2, 0.25) is 0 Å². The first kappa shape index (κ1) is 20.0. The number of ketones is 2. The van der Waals surface area contributed by atoms with Crippen LogP contribution in [0.25, 0.3) is 0 Å². The fraction of sp³-hybridized carbons (Fsp3) is 0.300. The van der Waals surface area contributed by atoms with Crippen LogP contribution < -0.4 is 4.72 Å². The molecule has 138 valence electrons. The Kier molecular flexibility index (Phi) is 6.45. The lowest BCUT2D eigenvalue weighted by molar-refractivity contribution is -0.123. The lowest BCUT2D eigenvalue weighted by Gasteiger charge is -2.18. The summed E-state index contributed by atoms with van der Waals surface area (Å²) in [7, 11) is -3.50. The van der Waals surface area contributed by atoms with Gasteiger partial charge in [-0.1, -0.05) is 68.4 Å². The van der Waals surface area contributed by atoms with Crippen molar-refractivity contribution in [2.45, 2.75) is 26.3 Å². The minimum atomic E-state index is -3.50. The molecule has 1 atom stereocenters. The van der Waals surface area contributed by atoms with E-state index in [9.17, 15) is 18.0 Å². The summed E-state index contributed by atoms with van der Waals surface area (Å²) >= 11 is 0. The van der Waals surface area contributed by atoms with Gasteiger partial charge in [0.25, 0.3) is 0 Å². The molecule has 0 spiro atoms. The summed E-state index contributed by atoms with van der Waals surface area (Å²) in [5.41, 5.74) is 1.93. The van der Waals surface area contributed by atoms with Crippen molar-refractivity contribution in [1.29, 1.82) is 0 Å². The molecule has 0 aromatic heterocycles. The molecule has 2 aromatic carbocycles. The molecular formula is C20H23NO4S. The number of hydrogen-bond donors (Lipinski definition) is 1. The molecule has 0 heterocycles. The van der Waals surface area contributed by atoms with Gasteiger partial charge in [-0.2, -0.15) is 0 Å². The van der Waals surface area contributed by atoms with Crippen LogP contribution in [0, 0.1) is 5.92 Å². The Balaban J connectivity index is 2.18. The Hall–Kier alpha value is -2.31. The zero-order valence-corrected chi connectivity index (χ0v) is 15.9. The average molecular weight is 373 g/mol. The Labute approximate surface area is 154 Å². The minimum Gasteiger partial charge on any atom is -0.298 e. The molecule has 0 amide bonds. The lowest BCUT2D eigenvalue weighted by atomic mass is 9.95. The van der Waals surface area contributed by atoms with Gasteiger partial charge in [0.05, 0.1) is 12.3 Å². The van der Waals surface area contributed by atoms with Gasteiger partial charge in [0.15, 0.2) is 11.6 Å². The zero-order valence-electron chi connectivity index (χ0n) is 15.1. The molecule has 0 bridgehead atoms. The fourth-order valence-electron chi connectivity index (χ4n) is 2.65. The van der Waals surface area contributed by atoms with Crippen LogP contribution in [0.4, 0.5) is 0 Å². The van der Waals surface area contributed by atoms with E-state index < -0.39 is 16.1 Å². The summed E-state index contributed by atoms with van der Waals surface area (Å²) in [6.45, 7) is 3.47. The third-order valence-corrected chi connectivity index (χ3v) is 4.67. The van der Waals surface area contributed by atoms with Crippen LogP contribution in [-0.2, 0) is 21.2 Å². The van der Waals surface area contributed by atoms with E-state index in [1.807, 2.05) is 6.07 Å². The van der Waals surface area contributed by atoms with E-state index in [0.717, 1.165) is 11.8 Å². The number of carbonyl (C=O) groups excluding carboxylic acids is 2.